The summed E-state index contributed by atoms with van der Waals surface area (Å²) in [6.07, 6.45) is 0. The lowest BCUT2D eigenvalue weighted by molar-refractivity contribution is 0.582. The van der Waals surface area contributed by atoms with E-state index in [2.05, 4.69) is 0 Å². The number of sulfone groups is 2. The maximum atomic E-state index is 12.7. The van der Waals surface area contributed by atoms with E-state index in [0.717, 1.165) is 0 Å². The quantitative estimate of drug-likeness (QED) is 0.847. The van der Waals surface area contributed by atoms with E-state index in [0.29, 0.717) is 11.3 Å². The highest BCUT2D eigenvalue weighted by molar-refractivity contribution is 7.96. The van der Waals surface area contributed by atoms with Crippen LogP contribution in [0.15, 0.2) is 58.3 Å². The number of fused-ring (bicyclic) bond motifs is 1. The Morgan fingerprint density at radius 3 is 2.38 bits per heavy atom. The summed E-state index contributed by atoms with van der Waals surface area (Å²) in [4.78, 5) is 0.141. The summed E-state index contributed by atoms with van der Waals surface area (Å²) in [6.45, 7) is 0. The fourth-order valence-corrected chi connectivity index (χ4v) is 6.87. The van der Waals surface area contributed by atoms with Crippen LogP contribution < -0.4 is 5.73 Å². The van der Waals surface area contributed by atoms with Crippen LogP contribution in [0.5, 0.6) is 0 Å². The topological polar surface area (TPSA) is 94.3 Å². The van der Waals surface area contributed by atoms with Gasteiger partial charge in [0.15, 0.2) is 19.7 Å². The molecule has 1 aliphatic heterocycles. The highest BCUT2D eigenvalue weighted by Gasteiger charge is 2.42. The molecule has 0 saturated carbocycles. The summed E-state index contributed by atoms with van der Waals surface area (Å²) in [6, 6.07) is 12.2. The average molecular weight is 323 g/mol. The van der Waals surface area contributed by atoms with Crippen molar-refractivity contribution in [2.75, 3.05) is 11.5 Å². The van der Waals surface area contributed by atoms with Crippen LogP contribution in [-0.2, 0) is 19.7 Å². The van der Waals surface area contributed by atoms with E-state index in [1.54, 1.807) is 18.2 Å². The first-order valence-corrected chi connectivity index (χ1v) is 9.43. The van der Waals surface area contributed by atoms with Crippen molar-refractivity contribution in [3.05, 3.63) is 54.1 Å². The summed E-state index contributed by atoms with van der Waals surface area (Å²) in [5.41, 5.74) is 6.20. The third-order valence-electron chi connectivity index (χ3n) is 3.54. The standard InChI is InChI=1S/C14H13NO4S2/c15-10-6-7-12-13(8-10)20(16,17)9-14(12)21(18,19)11-4-2-1-3-5-11/h1-8,14H,9,15H2. The van der Waals surface area contributed by atoms with Gasteiger partial charge in [0.05, 0.1) is 15.5 Å². The molecule has 2 aromatic rings. The van der Waals surface area contributed by atoms with Gasteiger partial charge in [-0.15, -0.1) is 0 Å². The first-order valence-electron chi connectivity index (χ1n) is 6.23. The fraction of sp³-hybridized carbons (Fsp3) is 0.143. The maximum Gasteiger partial charge on any atom is 0.186 e. The summed E-state index contributed by atoms with van der Waals surface area (Å²) >= 11 is 0. The zero-order valence-corrected chi connectivity index (χ0v) is 12.6. The number of hydrogen-bond donors (Lipinski definition) is 1. The Labute approximate surface area is 123 Å². The van der Waals surface area contributed by atoms with Crippen LogP contribution in [0.3, 0.4) is 0 Å². The maximum absolute atomic E-state index is 12.7. The molecule has 1 atom stereocenters. The number of nitrogens with two attached hydrogens (primary N) is 1. The van der Waals surface area contributed by atoms with Crippen molar-refractivity contribution >= 4 is 25.4 Å². The summed E-state index contributed by atoms with van der Waals surface area (Å²) in [5, 5.41) is -1.08. The Morgan fingerprint density at radius 2 is 1.71 bits per heavy atom. The van der Waals surface area contributed by atoms with E-state index in [4.69, 9.17) is 5.73 Å². The Morgan fingerprint density at radius 1 is 1.05 bits per heavy atom. The third kappa shape index (κ3) is 2.22. The molecule has 1 aliphatic rings. The molecule has 5 nitrogen and oxygen atoms in total. The molecule has 0 bridgehead atoms. The first kappa shape index (κ1) is 14.1. The Bertz CT molecular complexity index is 903. The van der Waals surface area contributed by atoms with Gasteiger partial charge in [0.2, 0.25) is 0 Å². The lowest BCUT2D eigenvalue weighted by Gasteiger charge is -2.11. The number of nitrogen functional groups attached to an aromatic ring is 1. The van der Waals surface area contributed by atoms with E-state index >= 15 is 0 Å². The van der Waals surface area contributed by atoms with Gasteiger partial charge >= 0.3 is 0 Å². The van der Waals surface area contributed by atoms with Crippen LogP contribution >= 0.6 is 0 Å². The van der Waals surface area contributed by atoms with Crippen molar-refractivity contribution in [2.24, 2.45) is 0 Å². The Balaban J connectivity index is 2.20. The smallest absolute Gasteiger partial charge is 0.186 e. The number of anilines is 1. The molecule has 1 heterocycles. The molecule has 0 aliphatic carbocycles. The fourth-order valence-electron chi connectivity index (χ4n) is 2.50. The van der Waals surface area contributed by atoms with E-state index in [9.17, 15) is 16.8 Å². The number of hydrogen-bond acceptors (Lipinski definition) is 5. The Hall–Kier alpha value is -1.86. The summed E-state index contributed by atoms with van der Waals surface area (Å²) < 4.78 is 49.7. The minimum Gasteiger partial charge on any atom is -0.399 e. The summed E-state index contributed by atoms with van der Waals surface area (Å²) in [5.74, 6) is -0.441. The highest BCUT2D eigenvalue weighted by atomic mass is 32.2. The van der Waals surface area contributed by atoms with Crippen LogP contribution in [0.4, 0.5) is 5.69 Å². The van der Waals surface area contributed by atoms with E-state index in [-0.39, 0.29) is 9.79 Å². The van der Waals surface area contributed by atoms with Crippen LogP contribution in [0.25, 0.3) is 0 Å². The van der Waals surface area contributed by atoms with E-state index in [1.165, 1.54) is 30.3 Å². The summed E-state index contributed by atoms with van der Waals surface area (Å²) in [7, 11) is -7.38. The monoisotopic (exact) mass is 323 g/mol. The van der Waals surface area contributed by atoms with Gasteiger partial charge in [-0.1, -0.05) is 24.3 Å². The van der Waals surface area contributed by atoms with Gasteiger partial charge in [-0.25, -0.2) is 16.8 Å². The zero-order valence-electron chi connectivity index (χ0n) is 10.9. The minimum atomic E-state index is -3.76. The molecule has 0 spiro atoms. The Kier molecular flexibility index (Phi) is 3.07. The largest absolute Gasteiger partial charge is 0.399 e. The number of benzene rings is 2. The lowest BCUT2D eigenvalue weighted by Crippen LogP contribution is -2.15. The normalized spacial score (nSPS) is 20.1. The van der Waals surface area contributed by atoms with Crippen LogP contribution in [0.1, 0.15) is 10.8 Å². The molecule has 2 aromatic carbocycles. The lowest BCUT2D eigenvalue weighted by atomic mass is 10.1. The highest BCUT2D eigenvalue weighted by Crippen LogP contribution is 2.41. The van der Waals surface area contributed by atoms with Gasteiger partial charge in [0, 0.05) is 5.69 Å². The molecule has 2 N–H and O–H groups in total. The van der Waals surface area contributed by atoms with Crippen molar-refractivity contribution in [1.29, 1.82) is 0 Å². The second-order valence-electron chi connectivity index (χ2n) is 4.93. The van der Waals surface area contributed by atoms with Gasteiger partial charge in [0.25, 0.3) is 0 Å². The zero-order chi connectivity index (χ0) is 15.3. The van der Waals surface area contributed by atoms with Gasteiger partial charge in [-0.2, -0.15) is 0 Å². The van der Waals surface area contributed by atoms with Gasteiger partial charge in [-0.05, 0) is 29.8 Å². The molecule has 21 heavy (non-hydrogen) atoms. The van der Waals surface area contributed by atoms with Crippen LogP contribution in [-0.4, -0.2) is 22.6 Å². The molecular formula is C14H13NO4S2. The average Bonchev–Trinajstić information content (AvgIpc) is 2.72. The van der Waals surface area contributed by atoms with Crippen molar-refractivity contribution in [2.45, 2.75) is 15.0 Å². The molecule has 0 saturated heterocycles. The second kappa shape index (κ2) is 4.57. The molecule has 1 unspecified atom stereocenters. The van der Waals surface area contributed by atoms with Gasteiger partial charge < -0.3 is 5.73 Å². The molecule has 110 valence electrons. The molecule has 0 aromatic heterocycles. The van der Waals surface area contributed by atoms with Crippen molar-refractivity contribution in [1.82, 2.24) is 0 Å². The first-order chi connectivity index (χ1) is 9.82. The van der Waals surface area contributed by atoms with Gasteiger partial charge in [0.1, 0.15) is 5.25 Å². The third-order valence-corrected chi connectivity index (χ3v) is 7.64. The van der Waals surface area contributed by atoms with Crippen molar-refractivity contribution < 1.29 is 16.8 Å². The molecule has 0 fully saturated rings. The predicted molar refractivity (Wildman–Crippen MR) is 79.3 cm³/mol. The molecular weight excluding hydrogens is 310 g/mol. The SMILES string of the molecule is Nc1ccc2c(c1)S(=O)(=O)CC2S(=O)(=O)c1ccccc1. The minimum absolute atomic E-state index is 0.0204. The predicted octanol–water partition coefficient (Wildman–Crippen LogP) is 1.57. The van der Waals surface area contributed by atoms with E-state index < -0.39 is 30.7 Å². The van der Waals surface area contributed by atoms with Gasteiger partial charge in [-0.3, -0.25) is 0 Å². The van der Waals surface area contributed by atoms with Crippen molar-refractivity contribution in [3.63, 3.8) is 0 Å². The molecule has 3 rings (SSSR count). The molecule has 7 heteroatoms. The van der Waals surface area contributed by atoms with Crippen LogP contribution in [0, 0.1) is 0 Å². The van der Waals surface area contributed by atoms with Crippen LogP contribution in [0.2, 0.25) is 0 Å². The molecule has 0 amide bonds. The van der Waals surface area contributed by atoms with E-state index in [1.807, 2.05) is 0 Å². The molecule has 0 radical (unpaired) electrons. The number of rotatable bonds is 2. The second-order valence-corrected chi connectivity index (χ2v) is 9.06. The van der Waals surface area contributed by atoms with Crippen molar-refractivity contribution in [3.8, 4) is 0 Å².